The molecule has 2 heteroatoms. The first-order valence-electron chi connectivity index (χ1n) is 3.21. The number of nitrogens with zero attached hydrogens (tertiary/aromatic N) is 1. The van der Waals surface area contributed by atoms with E-state index in [9.17, 15) is 0 Å². The first-order valence-corrected chi connectivity index (χ1v) is 3.21. The van der Waals surface area contributed by atoms with Crippen LogP contribution < -0.4 is 0 Å². The average Bonchev–Trinajstić information content (AvgIpc) is 1.94. The third-order valence-electron chi connectivity index (χ3n) is 1.46. The van der Waals surface area contributed by atoms with Gasteiger partial charge in [-0.1, -0.05) is 0 Å². The Balaban J connectivity index is 0.000000640. The molecule has 0 amide bonds. The Bertz CT molecular complexity index is 57.9. The number of rotatable bonds is 0. The zero-order chi connectivity index (χ0) is 5.82. The van der Waals surface area contributed by atoms with E-state index in [4.69, 9.17) is 0 Å². The molecule has 1 saturated heterocycles. The number of hydrogen-bond donors (Lipinski definition) is 0. The van der Waals surface area contributed by atoms with Gasteiger partial charge in [-0.2, -0.15) is 0 Å². The van der Waals surface area contributed by atoms with Gasteiger partial charge in [0.2, 0.25) is 0 Å². The molecule has 0 aromatic rings. The van der Waals surface area contributed by atoms with Crippen LogP contribution in [0.3, 0.4) is 0 Å². The largest absolute Gasteiger partial charge is 0.365 e. The molecule has 1 aliphatic rings. The predicted molar refractivity (Wildman–Crippen MR) is 35.3 cm³/mol. The summed E-state index contributed by atoms with van der Waals surface area (Å²) in [5.74, 6) is 0. The summed E-state index contributed by atoms with van der Waals surface area (Å²) in [5.41, 5.74) is 0. The second kappa shape index (κ2) is 5.82. The van der Waals surface area contributed by atoms with Crippen molar-refractivity contribution in [2.24, 2.45) is 0 Å². The second-order valence-electron chi connectivity index (χ2n) is 2.38. The number of likely N-dealkylation sites (tertiary alicyclic amines) is 1. The van der Waals surface area contributed by atoms with Crippen LogP contribution in [-0.4, -0.2) is 25.0 Å². The van der Waals surface area contributed by atoms with Crippen LogP contribution in [0.5, 0.6) is 0 Å². The molecule has 1 nitrogen and oxygen atoms in total. The molecule has 51 valence electrons. The van der Waals surface area contributed by atoms with Crippen LogP contribution in [0.15, 0.2) is 0 Å². The molecule has 0 bridgehead atoms. The van der Waals surface area contributed by atoms with Gasteiger partial charge in [0.15, 0.2) is 0 Å². The Morgan fingerprint density at radius 2 is 1.56 bits per heavy atom. The molecule has 0 atom stereocenters. The molecule has 1 heterocycles. The van der Waals surface area contributed by atoms with E-state index < -0.39 is 0 Å². The Hall–Kier alpha value is 1.06. The van der Waals surface area contributed by atoms with E-state index in [1.54, 1.807) is 0 Å². The molecule has 0 aliphatic carbocycles. The van der Waals surface area contributed by atoms with E-state index in [1.807, 2.05) is 0 Å². The molecule has 1 rings (SSSR count). The van der Waals surface area contributed by atoms with Crippen molar-refractivity contribution in [2.45, 2.75) is 12.8 Å². The monoisotopic (exact) mass is 200 g/mol. The fraction of sp³-hybridized carbons (Fsp3) is 0.714. The zero-order valence-corrected chi connectivity index (χ0v) is 8.85. The molecular formula is C7H13NY-2. The van der Waals surface area contributed by atoms with Crippen molar-refractivity contribution < 1.29 is 32.7 Å². The summed E-state index contributed by atoms with van der Waals surface area (Å²) in [6, 6.07) is 0. The Kier molecular flexibility index (Phi) is 6.51. The van der Waals surface area contributed by atoms with Crippen molar-refractivity contribution in [2.75, 3.05) is 20.1 Å². The molecule has 0 aromatic heterocycles. The fourth-order valence-corrected chi connectivity index (χ4v) is 0.934. The average molecular weight is 200 g/mol. The first-order chi connectivity index (χ1) is 3.89. The van der Waals surface area contributed by atoms with Gasteiger partial charge in [-0.15, -0.1) is 13.1 Å². The van der Waals surface area contributed by atoms with E-state index >= 15 is 0 Å². The normalized spacial score (nSPS) is 22.3. The summed E-state index contributed by atoms with van der Waals surface area (Å²) in [5, 5.41) is 0. The molecule has 0 saturated carbocycles. The third kappa shape index (κ3) is 4.47. The predicted octanol–water partition coefficient (Wildman–Crippen LogP) is 1.12. The minimum atomic E-state index is 0. The quantitative estimate of drug-likeness (QED) is 0.529. The van der Waals surface area contributed by atoms with Crippen LogP contribution >= 0.6 is 0 Å². The number of hydrogen-bond acceptors (Lipinski definition) is 1. The van der Waals surface area contributed by atoms with Crippen molar-refractivity contribution in [1.29, 1.82) is 0 Å². The van der Waals surface area contributed by atoms with Crippen LogP contribution in [0.2, 0.25) is 0 Å². The van der Waals surface area contributed by atoms with Crippen molar-refractivity contribution in [1.82, 2.24) is 4.90 Å². The van der Waals surface area contributed by atoms with Gasteiger partial charge in [-0.25, -0.2) is 12.8 Å². The molecule has 1 fully saturated rings. The maximum Gasteiger partial charge on any atom is 0 e. The van der Waals surface area contributed by atoms with Gasteiger partial charge in [0.25, 0.3) is 0 Å². The van der Waals surface area contributed by atoms with Crippen molar-refractivity contribution in [3.05, 3.63) is 12.8 Å². The molecule has 0 unspecified atom stereocenters. The van der Waals surface area contributed by atoms with Crippen LogP contribution in [0, 0.1) is 12.8 Å². The Labute approximate surface area is 83.1 Å². The van der Waals surface area contributed by atoms with Gasteiger partial charge in [0.1, 0.15) is 0 Å². The van der Waals surface area contributed by atoms with Crippen LogP contribution in [0.4, 0.5) is 0 Å². The summed E-state index contributed by atoms with van der Waals surface area (Å²) in [6.45, 7) is 2.33. The zero-order valence-electron chi connectivity index (χ0n) is 6.01. The van der Waals surface area contributed by atoms with Crippen LogP contribution in [0.1, 0.15) is 12.8 Å². The van der Waals surface area contributed by atoms with Gasteiger partial charge >= 0.3 is 0 Å². The molecule has 1 aliphatic heterocycles. The molecule has 9 heavy (non-hydrogen) atoms. The van der Waals surface area contributed by atoms with E-state index in [2.05, 4.69) is 24.8 Å². The van der Waals surface area contributed by atoms with E-state index in [1.165, 1.54) is 12.8 Å². The van der Waals surface area contributed by atoms with E-state index in [0.717, 1.165) is 13.1 Å². The Morgan fingerprint density at radius 3 is 2.00 bits per heavy atom. The van der Waals surface area contributed by atoms with Crippen molar-refractivity contribution >= 4 is 0 Å². The van der Waals surface area contributed by atoms with Gasteiger partial charge < -0.3 is 17.7 Å². The SMILES string of the molecule is CN1C[CH-]CC[CH-]C1.[Y]. The minimum Gasteiger partial charge on any atom is -0.365 e. The van der Waals surface area contributed by atoms with E-state index in [-0.39, 0.29) is 32.7 Å². The second-order valence-corrected chi connectivity index (χ2v) is 2.38. The summed E-state index contributed by atoms with van der Waals surface area (Å²) in [6.07, 6.45) is 7.21. The van der Waals surface area contributed by atoms with Crippen LogP contribution in [0.25, 0.3) is 0 Å². The molecule has 0 N–H and O–H groups in total. The summed E-state index contributed by atoms with van der Waals surface area (Å²) in [7, 11) is 2.15. The van der Waals surface area contributed by atoms with Gasteiger partial charge in [-0.05, 0) is 7.05 Å². The third-order valence-corrected chi connectivity index (χ3v) is 1.46. The van der Waals surface area contributed by atoms with E-state index in [0.29, 0.717) is 0 Å². The Morgan fingerprint density at radius 1 is 1.11 bits per heavy atom. The maximum atomic E-state index is 2.34. The molecule has 1 radical (unpaired) electrons. The van der Waals surface area contributed by atoms with Crippen molar-refractivity contribution in [3.8, 4) is 0 Å². The molecule has 0 spiro atoms. The standard InChI is InChI=1S/C7H13N.Y/c1-8-6-4-2-3-5-7-8;/h4-5H,2-3,6-7H2,1H3;/q-2;. The smallest absolute Gasteiger partial charge is 0 e. The summed E-state index contributed by atoms with van der Waals surface area (Å²) in [4.78, 5) is 2.31. The van der Waals surface area contributed by atoms with Crippen LogP contribution in [-0.2, 0) is 32.7 Å². The molecule has 0 aromatic carbocycles. The van der Waals surface area contributed by atoms with Gasteiger partial charge in [0, 0.05) is 32.7 Å². The fourth-order valence-electron chi connectivity index (χ4n) is 0.934. The summed E-state index contributed by atoms with van der Waals surface area (Å²) < 4.78 is 0. The molecular weight excluding hydrogens is 187 g/mol. The topological polar surface area (TPSA) is 3.24 Å². The first kappa shape index (κ1) is 10.1. The van der Waals surface area contributed by atoms with Gasteiger partial charge in [-0.3, -0.25) is 0 Å². The van der Waals surface area contributed by atoms with Gasteiger partial charge in [0.05, 0.1) is 0 Å². The minimum absolute atomic E-state index is 0. The van der Waals surface area contributed by atoms with Crippen molar-refractivity contribution in [3.63, 3.8) is 0 Å². The maximum absolute atomic E-state index is 2.34. The summed E-state index contributed by atoms with van der Waals surface area (Å²) >= 11 is 0.